The number of hydrogen-bond acceptors (Lipinski definition) is 2. The fourth-order valence-corrected chi connectivity index (χ4v) is 1.95. The van der Waals surface area contributed by atoms with E-state index in [9.17, 15) is 4.79 Å². The molecule has 0 unspecified atom stereocenters. The van der Waals surface area contributed by atoms with E-state index < -0.39 is 0 Å². The molecule has 0 aliphatic carbocycles. The smallest absolute Gasteiger partial charge is 0.241 e. The average molecular weight is 444 g/mol. The first-order valence-corrected chi connectivity index (χ1v) is 7.87. The molecule has 2 N–H and O–H groups in total. The molecule has 0 aliphatic heterocycles. The molecule has 0 spiro atoms. The van der Waals surface area contributed by atoms with Crippen LogP contribution in [0.25, 0.3) is 0 Å². The van der Waals surface area contributed by atoms with Crippen molar-refractivity contribution in [3.63, 3.8) is 0 Å². The number of carbonyl (C=O) groups excluding carboxylic acids is 1. The molecule has 1 aromatic carbocycles. The molecule has 6 heteroatoms. The maximum Gasteiger partial charge on any atom is 0.241 e. The molecule has 0 heterocycles. The van der Waals surface area contributed by atoms with Gasteiger partial charge in [-0.05, 0) is 24.5 Å². The van der Waals surface area contributed by atoms with Crippen LogP contribution in [0.1, 0.15) is 25.0 Å². The number of hydrogen-bond donors (Lipinski definition) is 2. The molecule has 134 valence electrons. The second-order valence-corrected chi connectivity index (χ2v) is 5.74. The van der Waals surface area contributed by atoms with Gasteiger partial charge in [0, 0.05) is 20.6 Å². The van der Waals surface area contributed by atoms with Crippen molar-refractivity contribution in [2.45, 2.75) is 26.8 Å². The van der Waals surface area contributed by atoms with E-state index in [0.29, 0.717) is 19.0 Å². The van der Waals surface area contributed by atoms with Crippen molar-refractivity contribution >= 4 is 35.8 Å². The third kappa shape index (κ3) is 8.33. The van der Waals surface area contributed by atoms with Crippen LogP contribution in [-0.4, -0.2) is 44.0 Å². The van der Waals surface area contributed by atoms with Crippen molar-refractivity contribution < 1.29 is 4.79 Å². The van der Waals surface area contributed by atoms with Crippen molar-refractivity contribution in [3.8, 4) is 0 Å². The lowest BCUT2D eigenvalue weighted by molar-refractivity contribution is -0.127. The number of amides is 1. The summed E-state index contributed by atoms with van der Waals surface area (Å²) >= 11 is 0. The predicted molar refractivity (Wildman–Crippen MR) is 112 cm³/mol. The van der Waals surface area contributed by atoms with Gasteiger partial charge in [0.15, 0.2) is 5.96 Å². The van der Waals surface area contributed by atoms with Gasteiger partial charge in [-0.2, -0.15) is 0 Å². The van der Waals surface area contributed by atoms with Crippen LogP contribution >= 0.6 is 24.0 Å². The Morgan fingerprint density at radius 1 is 1.17 bits per heavy atom. The quantitative estimate of drug-likeness (QED) is 0.294. The SMILES string of the molecule is C=C(C)CNC(=NCc1ccccc1CC)NCC(=O)N(C)C.I. The highest BCUT2D eigenvalue weighted by atomic mass is 127. The number of benzene rings is 1. The van der Waals surface area contributed by atoms with Crippen molar-refractivity contribution in [1.82, 2.24) is 15.5 Å². The van der Waals surface area contributed by atoms with Gasteiger partial charge in [0.05, 0.1) is 13.1 Å². The van der Waals surface area contributed by atoms with Crippen molar-refractivity contribution in [3.05, 3.63) is 47.5 Å². The van der Waals surface area contributed by atoms with Gasteiger partial charge in [0.2, 0.25) is 5.91 Å². The number of nitrogens with one attached hydrogen (secondary N) is 2. The number of rotatable bonds is 7. The molecular formula is C18H29IN4O. The first kappa shape index (κ1) is 22.4. The van der Waals surface area contributed by atoms with Crippen LogP contribution in [0.4, 0.5) is 0 Å². The molecule has 0 bridgehead atoms. The zero-order chi connectivity index (χ0) is 17.2. The van der Waals surface area contributed by atoms with Crippen LogP contribution in [0.5, 0.6) is 0 Å². The molecule has 0 saturated heterocycles. The monoisotopic (exact) mass is 444 g/mol. The number of guanidine groups is 1. The van der Waals surface area contributed by atoms with Gasteiger partial charge in [-0.25, -0.2) is 4.99 Å². The molecule has 0 aliphatic rings. The molecule has 5 nitrogen and oxygen atoms in total. The van der Waals surface area contributed by atoms with E-state index in [4.69, 9.17) is 0 Å². The van der Waals surface area contributed by atoms with Gasteiger partial charge in [-0.3, -0.25) is 4.79 Å². The van der Waals surface area contributed by atoms with Crippen LogP contribution in [-0.2, 0) is 17.8 Å². The number of halogens is 1. The third-order valence-corrected chi connectivity index (χ3v) is 3.37. The van der Waals surface area contributed by atoms with Gasteiger partial charge in [-0.1, -0.05) is 43.3 Å². The minimum atomic E-state index is 0. The van der Waals surface area contributed by atoms with E-state index in [1.165, 1.54) is 11.1 Å². The molecule has 1 aromatic rings. The summed E-state index contributed by atoms with van der Waals surface area (Å²) in [4.78, 5) is 17.9. The fourth-order valence-electron chi connectivity index (χ4n) is 1.95. The first-order valence-electron chi connectivity index (χ1n) is 7.87. The van der Waals surface area contributed by atoms with Gasteiger partial charge in [0.1, 0.15) is 0 Å². The normalized spacial score (nSPS) is 10.6. The number of likely N-dealkylation sites (N-methyl/N-ethyl adjacent to an activating group) is 1. The predicted octanol–water partition coefficient (Wildman–Crippen LogP) is 2.57. The molecule has 0 fully saturated rings. The standard InChI is InChI=1S/C18H28N4O.HI/c1-6-15-9-7-8-10-16(15)12-20-18(19-11-14(2)3)21-13-17(23)22(4)5;/h7-10H,2,6,11-13H2,1,3-5H3,(H2,19,20,21);1H. The van der Waals surface area contributed by atoms with E-state index in [0.717, 1.165) is 12.0 Å². The summed E-state index contributed by atoms with van der Waals surface area (Å²) in [6, 6.07) is 8.27. The summed E-state index contributed by atoms with van der Waals surface area (Å²) in [6.07, 6.45) is 0.979. The number of nitrogens with zero attached hydrogens (tertiary/aromatic N) is 2. The maximum atomic E-state index is 11.7. The number of aryl methyl sites for hydroxylation is 1. The van der Waals surface area contributed by atoms with Crippen LogP contribution in [0.3, 0.4) is 0 Å². The highest BCUT2D eigenvalue weighted by Crippen LogP contribution is 2.10. The minimum absolute atomic E-state index is 0. The molecule has 0 saturated carbocycles. The molecular weight excluding hydrogens is 415 g/mol. The molecule has 0 atom stereocenters. The minimum Gasteiger partial charge on any atom is -0.353 e. The molecule has 1 amide bonds. The van der Waals surface area contributed by atoms with Gasteiger partial charge in [-0.15, -0.1) is 24.0 Å². The van der Waals surface area contributed by atoms with Crippen molar-refractivity contribution in [1.29, 1.82) is 0 Å². The Kier molecular flexibility index (Phi) is 11.1. The second-order valence-electron chi connectivity index (χ2n) is 5.74. The Labute approximate surface area is 162 Å². The van der Waals surface area contributed by atoms with Gasteiger partial charge < -0.3 is 15.5 Å². The third-order valence-electron chi connectivity index (χ3n) is 3.37. The Morgan fingerprint density at radius 3 is 2.29 bits per heavy atom. The Morgan fingerprint density at radius 2 is 1.75 bits per heavy atom. The average Bonchev–Trinajstić information content (AvgIpc) is 2.53. The second kappa shape index (κ2) is 11.9. The summed E-state index contributed by atoms with van der Waals surface area (Å²) in [7, 11) is 3.47. The molecule has 0 radical (unpaired) electrons. The highest BCUT2D eigenvalue weighted by molar-refractivity contribution is 14.0. The topological polar surface area (TPSA) is 56.7 Å². The first-order chi connectivity index (χ1) is 10.9. The zero-order valence-electron chi connectivity index (χ0n) is 15.1. The molecule has 0 aromatic heterocycles. The van der Waals surface area contributed by atoms with E-state index in [1.807, 2.05) is 19.1 Å². The lowest BCUT2D eigenvalue weighted by Crippen LogP contribution is -2.43. The Bertz CT molecular complexity index is 570. The van der Waals surface area contributed by atoms with Crippen LogP contribution in [0, 0.1) is 0 Å². The van der Waals surface area contributed by atoms with E-state index >= 15 is 0 Å². The lowest BCUT2D eigenvalue weighted by atomic mass is 10.1. The highest BCUT2D eigenvalue weighted by Gasteiger charge is 2.06. The van der Waals surface area contributed by atoms with Crippen LogP contribution < -0.4 is 10.6 Å². The summed E-state index contributed by atoms with van der Waals surface area (Å²) < 4.78 is 0. The Balaban J connectivity index is 0.00000529. The largest absolute Gasteiger partial charge is 0.353 e. The molecule has 24 heavy (non-hydrogen) atoms. The fraction of sp³-hybridized carbons (Fsp3) is 0.444. The van der Waals surface area contributed by atoms with Crippen molar-refractivity contribution in [2.75, 3.05) is 27.2 Å². The van der Waals surface area contributed by atoms with E-state index in [2.05, 4.69) is 41.3 Å². The Hall–Kier alpha value is -1.57. The zero-order valence-corrected chi connectivity index (χ0v) is 17.4. The van der Waals surface area contributed by atoms with E-state index in [-0.39, 0.29) is 36.4 Å². The summed E-state index contributed by atoms with van der Waals surface area (Å²) in [6.45, 7) is 9.37. The molecule has 1 rings (SSSR count). The number of carbonyl (C=O) groups is 1. The van der Waals surface area contributed by atoms with E-state index in [1.54, 1.807) is 19.0 Å². The summed E-state index contributed by atoms with van der Waals surface area (Å²) in [5.41, 5.74) is 3.50. The van der Waals surface area contributed by atoms with Crippen LogP contribution in [0.2, 0.25) is 0 Å². The van der Waals surface area contributed by atoms with Crippen LogP contribution in [0.15, 0.2) is 41.4 Å². The summed E-state index contributed by atoms with van der Waals surface area (Å²) in [5.74, 6) is 0.623. The van der Waals surface area contributed by atoms with Gasteiger partial charge in [0.25, 0.3) is 0 Å². The van der Waals surface area contributed by atoms with Crippen molar-refractivity contribution in [2.24, 2.45) is 4.99 Å². The maximum absolute atomic E-state index is 11.7. The summed E-state index contributed by atoms with van der Waals surface area (Å²) in [5, 5.41) is 6.26. The number of aliphatic imine (C=N–C) groups is 1. The lowest BCUT2D eigenvalue weighted by Gasteiger charge is -2.15. The van der Waals surface area contributed by atoms with Gasteiger partial charge >= 0.3 is 0 Å².